The Bertz CT molecular complexity index is 604. The summed E-state index contributed by atoms with van der Waals surface area (Å²) in [4.78, 5) is 8.75. The first-order valence-corrected chi connectivity index (χ1v) is 8.23. The summed E-state index contributed by atoms with van der Waals surface area (Å²) in [5.41, 5.74) is 2.63. The van der Waals surface area contributed by atoms with Crippen molar-refractivity contribution >= 4 is 5.96 Å². The van der Waals surface area contributed by atoms with Crippen molar-refractivity contribution in [2.45, 2.75) is 33.2 Å². The quantitative estimate of drug-likeness (QED) is 0.610. The molecule has 0 aliphatic heterocycles. The second-order valence-corrected chi connectivity index (χ2v) is 5.76. The molecule has 0 saturated heterocycles. The molecule has 2 N–H and O–H groups in total. The van der Waals surface area contributed by atoms with Crippen LogP contribution in [0.2, 0.25) is 0 Å². The van der Waals surface area contributed by atoms with Crippen LogP contribution in [0.3, 0.4) is 0 Å². The fraction of sp³-hybridized carbons (Fsp3) is 0.444. The lowest BCUT2D eigenvalue weighted by Crippen LogP contribution is -2.39. The number of nitrogens with zero attached hydrogens (tertiary/aromatic N) is 3. The summed E-state index contributed by atoms with van der Waals surface area (Å²) in [7, 11) is 0. The van der Waals surface area contributed by atoms with E-state index >= 15 is 0 Å². The van der Waals surface area contributed by atoms with Gasteiger partial charge in [0.15, 0.2) is 5.96 Å². The molecule has 5 nitrogen and oxygen atoms in total. The van der Waals surface area contributed by atoms with E-state index in [9.17, 15) is 0 Å². The predicted octanol–water partition coefficient (Wildman–Crippen LogP) is 2.55. The smallest absolute Gasteiger partial charge is 0.191 e. The predicted molar refractivity (Wildman–Crippen MR) is 95.8 cm³/mol. The van der Waals surface area contributed by atoms with Gasteiger partial charge in [-0.25, -0.2) is 4.98 Å². The van der Waals surface area contributed by atoms with E-state index in [0.717, 1.165) is 32.1 Å². The summed E-state index contributed by atoms with van der Waals surface area (Å²) >= 11 is 0. The molecule has 1 aromatic carbocycles. The molecule has 1 unspecified atom stereocenters. The van der Waals surface area contributed by atoms with E-state index in [1.807, 2.05) is 17.1 Å². The Morgan fingerprint density at radius 2 is 2.22 bits per heavy atom. The average molecular weight is 313 g/mol. The van der Waals surface area contributed by atoms with Crippen molar-refractivity contribution < 1.29 is 0 Å². The highest BCUT2D eigenvalue weighted by Crippen LogP contribution is 2.16. The van der Waals surface area contributed by atoms with Crippen molar-refractivity contribution in [3.05, 3.63) is 54.1 Å². The van der Waals surface area contributed by atoms with Crippen LogP contribution in [0.25, 0.3) is 0 Å². The minimum atomic E-state index is 0.402. The molecule has 0 fully saturated rings. The third kappa shape index (κ3) is 5.77. The fourth-order valence-corrected chi connectivity index (χ4v) is 2.37. The summed E-state index contributed by atoms with van der Waals surface area (Å²) in [5.74, 6) is 1.27. The number of rotatable bonds is 7. The van der Waals surface area contributed by atoms with E-state index in [-0.39, 0.29) is 0 Å². The Labute approximate surface area is 138 Å². The SMILES string of the molecule is CCNC(=NCC(C)c1cccc(C)c1)NCCn1ccnc1. The minimum absolute atomic E-state index is 0.402. The number of nitrogens with one attached hydrogen (secondary N) is 2. The molecular weight excluding hydrogens is 286 g/mol. The van der Waals surface area contributed by atoms with Gasteiger partial charge in [-0.05, 0) is 19.4 Å². The molecule has 0 radical (unpaired) electrons. The third-order valence-corrected chi connectivity index (χ3v) is 3.70. The van der Waals surface area contributed by atoms with Crippen molar-refractivity contribution in [1.29, 1.82) is 0 Å². The van der Waals surface area contributed by atoms with Crippen LogP contribution in [0.15, 0.2) is 48.0 Å². The van der Waals surface area contributed by atoms with E-state index in [4.69, 9.17) is 4.99 Å². The highest BCUT2D eigenvalue weighted by atomic mass is 15.2. The standard InChI is InChI=1S/C18H27N5/c1-4-20-18(21-9-11-23-10-8-19-14-23)22-13-16(3)17-7-5-6-15(2)12-17/h5-8,10,12,14,16H,4,9,11,13H2,1-3H3,(H2,20,21,22). The van der Waals surface area contributed by atoms with E-state index in [1.165, 1.54) is 11.1 Å². The first-order chi connectivity index (χ1) is 11.2. The topological polar surface area (TPSA) is 54.2 Å². The van der Waals surface area contributed by atoms with Gasteiger partial charge in [-0.1, -0.05) is 36.8 Å². The number of imidazole rings is 1. The fourth-order valence-electron chi connectivity index (χ4n) is 2.37. The number of benzene rings is 1. The molecule has 1 atom stereocenters. The van der Waals surface area contributed by atoms with Crippen molar-refractivity contribution in [2.24, 2.45) is 4.99 Å². The first kappa shape index (κ1) is 17.1. The number of aromatic nitrogens is 2. The molecule has 1 heterocycles. The monoisotopic (exact) mass is 313 g/mol. The lowest BCUT2D eigenvalue weighted by molar-refractivity contribution is 0.659. The van der Waals surface area contributed by atoms with Crippen LogP contribution in [0.1, 0.15) is 30.9 Å². The van der Waals surface area contributed by atoms with Crippen LogP contribution in [-0.4, -0.2) is 35.1 Å². The van der Waals surface area contributed by atoms with Crippen molar-refractivity contribution in [1.82, 2.24) is 20.2 Å². The number of hydrogen-bond donors (Lipinski definition) is 2. The lowest BCUT2D eigenvalue weighted by atomic mass is 10.00. The van der Waals surface area contributed by atoms with Crippen LogP contribution < -0.4 is 10.6 Å². The molecule has 124 valence electrons. The second-order valence-electron chi connectivity index (χ2n) is 5.76. The Balaban J connectivity index is 1.87. The minimum Gasteiger partial charge on any atom is -0.357 e. The molecule has 5 heteroatoms. The van der Waals surface area contributed by atoms with Gasteiger partial charge in [0, 0.05) is 44.5 Å². The zero-order valence-electron chi connectivity index (χ0n) is 14.3. The molecule has 2 rings (SSSR count). The molecule has 0 aliphatic carbocycles. The van der Waals surface area contributed by atoms with E-state index in [1.54, 1.807) is 6.20 Å². The van der Waals surface area contributed by atoms with Gasteiger partial charge in [-0.2, -0.15) is 0 Å². The number of hydrogen-bond acceptors (Lipinski definition) is 2. The van der Waals surface area contributed by atoms with Gasteiger partial charge in [0.2, 0.25) is 0 Å². The Morgan fingerprint density at radius 1 is 1.35 bits per heavy atom. The maximum Gasteiger partial charge on any atom is 0.191 e. The highest BCUT2D eigenvalue weighted by molar-refractivity contribution is 5.79. The largest absolute Gasteiger partial charge is 0.357 e. The van der Waals surface area contributed by atoms with E-state index in [0.29, 0.717) is 5.92 Å². The molecule has 2 aromatic rings. The summed E-state index contributed by atoms with van der Waals surface area (Å²) in [5, 5.41) is 6.66. The van der Waals surface area contributed by atoms with Crippen LogP contribution in [0.5, 0.6) is 0 Å². The lowest BCUT2D eigenvalue weighted by Gasteiger charge is -2.14. The molecule has 23 heavy (non-hydrogen) atoms. The zero-order valence-corrected chi connectivity index (χ0v) is 14.3. The zero-order chi connectivity index (χ0) is 16.5. The van der Waals surface area contributed by atoms with Crippen LogP contribution >= 0.6 is 0 Å². The van der Waals surface area contributed by atoms with Gasteiger partial charge < -0.3 is 15.2 Å². The molecule has 0 amide bonds. The maximum atomic E-state index is 4.71. The molecule has 1 aromatic heterocycles. The summed E-state index contributed by atoms with van der Waals surface area (Å²) in [6.07, 6.45) is 5.58. The summed E-state index contributed by atoms with van der Waals surface area (Å²) < 4.78 is 2.05. The van der Waals surface area contributed by atoms with Crippen molar-refractivity contribution in [3.8, 4) is 0 Å². The van der Waals surface area contributed by atoms with Crippen LogP contribution in [0, 0.1) is 6.92 Å². The Kier molecular flexibility index (Phi) is 6.66. The van der Waals surface area contributed by atoms with E-state index in [2.05, 4.69) is 60.7 Å². The molecule has 0 bridgehead atoms. The number of aliphatic imine (C=N–C) groups is 1. The van der Waals surface area contributed by atoms with Gasteiger partial charge in [0.05, 0.1) is 6.33 Å². The van der Waals surface area contributed by atoms with Gasteiger partial charge in [0.1, 0.15) is 0 Å². The Hall–Kier alpha value is -2.30. The normalized spacial score (nSPS) is 12.9. The average Bonchev–Trinajstić information content (AvgIpc) is 3.05. The van der Waals surface area contributed by atoms with Gasteiger partial charge >= 0.3 is 0 Å². The van der Waals surface area contributed by atoms with Gasteiger partial charge in [-0.3, -0.25) is 4.99 Å². The highest BCUT2D eigenvalue weighted by Gasteiger charge is 2.05. The summed E-state index contributed by atoms with van der Waals surface area (Å²) in [6, 6.07) is 8.65. The van der Waals surface area contributed by atoms with Crippen LogP contribution in [0.4, 0.5) is 0 Å². The van der Waals surface area contributed by atoms with Crippen molar-refractivity contribution in [2.75, 3.05) is 19.6 Å². The molecule has 0 aliphatic rings. The molecule has 0 spiro atoms. The first-order valence-electron chi connectivity index (χ1n) is 8.23. The second kappa shape index (κ2) is 8.98. The maximum absolute atomic E-state index is 4.71. The summed E-state index contributed by atoms with van der Waals surface area (Å²) in [6.45, 7) is 9.74. The van der Waals surface area contributed by atoms with Crippen LogP contribution in [-0.2, 0) is 6.54 Å². The number of guanidine groups is 1. The molecule has 0 saturated carbocycles. The Morgan fingerprint density at radius 3 is 2.91 bits per heavy atom. The van der Waals surface area contributed by atoms with Crippen molar-refractivity contribution in [3.63, 3.8) is 0 Å². The van der Waals surface area contributed by atoms with E-state index < -0.39 is 0 Å². The van der Waals surface area contributed by atoms with Gasteiger partial charge in [0.25, 0.3) is 0 Å². The molecular formula is C18H27N5. The number of aryl methyl sites for hydroxylation is 1. The van der Waals surface area contributed by atoms with Gasteiger partial charge in [-0.15, -0.1) is 0 Å². The third-order valence-electron chi connectivity index (χ3n) is 3.70.